The summed E-state index contributed by atoms with van der Waals surface area (Å²) in [7, 11) is 0. The minimum atomic E-state index is -1.29. The van der Waals surface area contributed by atoms with Gasteiger partial charge < -0.3 is 10.2 Å². The van der Waals surface area contributed by atoms with Gasteiger partial charge in [0.2, 0.25) is 5.95 Å². The topological polar surface area (TPSA) is 140 Å². The van der Waals surface area contributed by atoms with Gasteiger partial charge in [-0.1, -0.05) is 0 Å². The highest BCUT2D eigenvalue weighted by Gasteiger charge is 2.34. The SMILES string of the molecule is CC(C)(C)N(C(=O)O)c1nc2c(Br)cnc(N(C(=O)O)C(C)(C)C)c2c(=O)[nH]1. The van der Waals surface area contributed by atoms with E-state index in [1.807, 2.05) is 0 Å². The van der Waals surface area contributed by atoms with Crippen LogP contribution in [0.4, 0.5) is 21.4 Å². The van der Waals surface area contributed by atoms with Crippen LogP contribution in [0.15, 0.2) is 15.5 Å². The molecule has 28 heavy (non-hydrogen) atoms. The van der Waals surface area contributed by atoms with Gasteiger partial charge in [-0.05, 0) is 57.5 Å². The maximum Gasteiger partial charge on any atom is 0.414 e. The van der Waals surface area contributed by atoms with Gasteiger partial charge in [-0.25, -0.2) is 24.5 Å². The molecule has 0 aliphatic carbocycles. The third-order valence-corrected chi connectivity index (χ3v) is 4.39. The second-order valence-electron chi connectivity index (χ2n) is 8.12. The molecular weight excluding hydrogens is 434 g/mol. The minimum absolute atomic E-state index is 0.0605. The number of fused-ring (bicyclic) bond motifs is 1. The van der Waals surface area contributed by atoms with Crippen molar-refractivity contribution in [3.05, 3.63) is 21.0 Å². The highest BCUT2D eigenvalue weighted by molar-refractivity contribution is 9.10. The van der Waals surface area contributed by atoms with Crippen LogP contribution < -0.4 is 15.4 Å². The second-order valence-corrected chi connectivity index (χ2v) is 8.97. The molecular formula is C17H22BrN5O5. The van der Waals surface area contributed by atoms with Crippen LogP contribution in [-0.2, 0) is 0 Å². The minimum Gasteiger partial charge on any atom is -0.465 e. The molecule has 0 unspecified atom stereocenters. The number of amides is 2. The van der Waals surface area contributed by atoms with Crippen molar-refractivity contribution in [2.45, 2.75) is 52.6 Å². The fourth-order valence-corrected chi connectivity index (χ4v) is 3.14. The van der Waals surface area contributed by atoms with E-state index >= 15 is 0 Å². The molecule has 0 saturated heterocycles. The van der Waals surface area contributed by atoms with E-state index in [9.17, 15) is 24.6 Å². The van der Waals surface area contributed by atoms with Gasteiger partial charge in [0.05, 0.1) is 9.99 Å². The number of nitrogens with one attached hydrogen (secondary N) is 1. The van der Waals surface area contributed by atoms with Gasteiger partial charge in [0.1, 0.15) is 5.39 Å². The molecule has 10 nitrogen and oxygen atoms in total. The Hall–Kier alpha value is -2.69. The van der Waals surface area contributed by atoms with Gasteiger partial charge in [0.15, 0.2) is 5.82 Å². The van der Waals surface area contributed by atoms with E-state index in [0.29, 0.717) is 4.47 Å². The smallest absolute Gasteiger partial charge is 0.414 e. The highest BCUT2D eigenvalue weighted by Crippen LogP contribution is 2.32. The number of carboxylic acid groups (broad SMARTS) is 2. The number of H-pyrrole nitrogens is 1. The van der Waals surface area contributed by atoms with Gasteiger partial charge in [-0.15, -0.1) is 0 Å². The lowest BCUT2D eigenvalue weighted by Crippen LogP contribution is -2.47. The van der Waals surface area contributed by atoms with E-state index in [1.165, 1.54) is 6.20 Å². The number of carbonyl (C=O) groups is 2. The zero-order chi connectivity index (χ0) is 21.6. The van der Waals surface area contributed by atoms with Crippen molar-refractivity contribution in [2.24, 2.45) is 0 Å². The number of aromatic nitrogens is 3. The summed E-state index contributed by atoms with van der Waals surface area (Å²) in [5.41, 5.74) is -2.36. The number of halogens is 1. The van der Waals surface area contributed by atoms with Crippen molar-refractivity contribution in [3.8, 4) is 0 Å². The third-order valence-electron chi connectivity index (χ3n) is 3.80. The van der Waals surface area contributed by atoms with Crippen molar-refractivity contribution in [1.29, 1.82) is 0 Å². The Morgan fingerprint density at radius 3 is 1.96 bits per heavy atom. The molecule has 3 N–H and O–H groups in total. The summed E-state index contributed by atoms with van der Waals surface area (Å²) < 4.78 is 0.331. The first-order valence-corrected chi connectivity index (χ1v) is 9.10. The molecule has 0 aliphatic rings. The molecule has 0 saturated carbocycles. The molecule has 2 aromatic rings. The Morgan fingerprint density at radius 1 is 1.04 bits per heavy atom. The van der Waals surface area contributed by atoms with Crippen LogP contribution >= 0.6 is 15.9 Å². The predicted octanol–water partition coefficient (Wildman–Crippen LogP) is 3.65. The van der Waals surface area contributed by atoms with Crippen LogP contribution in [0.25, 0.3) is 10.9 Å². The Bertz CT molecular complexity index is 1010. The lowest BCUT2D eigenvalue weighted by atomic mass is 10.1. The first-order valence-electron chi connectivity index (χ1n) is 8.31. The van der Waals surface area contributed by atoms with Gasteiger partial charge in [-0.3, -0.25) is 14.7 Å². The molecule has 0 bridgehead atoms. The Balaban J connectivity index is 2.90. The first-order chi connectivity index (χ1) is 12.7. The van der Waals surface area contributed by atoms with Crippen LogP contribution in [-0.4, -0.2) is 48.4 Å². The van der Waals surface area contributed by atoms with Gasteiger partial charge >= 0.3 is 12.2 Å². The van der Waals surface area contributed by atoms with Crippen LogP contribution in [0.5, 0.6) is 0 Å². The van der Waals surface area contributed by atoms with E-state index in [4.69, 9.17) is 0 Å². The molecule has 2 heterocycles. The van der Waals surface area contributed by atoms with E-state index < -0.39 is 28.8 Å². The molecule has 2 amide bonds. The number of pyridine rings is 1. The van der Waals surface area contributed by atoms with Crippen molar-refractivity contribution in [1.82, 2.24) is 15.0 Å². The van der Waals surface area contributed by atoms with Gasteiger partial charge in [0, 0.05) is 17.3 Å². The number of nitrogens with zero attached hydrogens (tertiary/aromatic N) is 4. The van der Waals surface area contributed by atoms with Crippen molar-refractivity contribution in [3.63, 3.8) is 0 Å². The average molecular weight is 456 g/mol. The number of aromatic amines is 1. The third kappa shape index (κ3) is 3.93. The molecule has 0 atom stereocenters. The van der Waals surface area contributed by atoms with Crippen molar-refractivity contribution in [2.75, 3.05) is 9.80 Å². The molecule has 11 heteroatoms. The summed E-state index contributed by atoms with van der Waals surface area (Å²) in [4.78, 5) is 49.2. The lowest BCUT2D eigenvalue weighted by Gasteiger charge is -2.33. The van der Waals surface area contributed by atoms with E-state index in [1.54, 1.807) is 41.5 Å². The zero-order valence-electron chi connectivity index (χ0n) is 16.4. The van der Waals surface area contributed by atoms with Crippen LogP contribution in [0.3, 0.4) is 0 Å². The summed E-state index contributed by atoms with van der Waals surface area (Å²) in [5.74, 6) is -0.260. The lowest BCUT2D eigenvalue weighted by molar-refractivity contribution is 0.194. The Labute approximate surface area is 169 Å². The van der Waals surface area contributed by atoms with Crippen LogP contribution in [0.2, 0.25) is 0 Å². The molecule has 0 aromatic carbocycles. The monoisotopic (exact) mass is 455 g/mol. The van der Waals surface area contributed by atoms with Crippen molar-refractivity contribution < 1.29 is 19.8 Å². The number of rotatable bonds is 2. The largest absolute Gasteiger partial charge is 0.465 e. The van der Waals surface area contributed by atoms with E-state index in [2.05, 4.69) is 30.9 Å². The second kappa shape index (κ2) is 7.04. The quantitative estimate of drug-likeness (QED) is 0.627. The number of anilines is 2. The summed E-state index contributed by atoms with van der Waals surface area (Å²) >= 11 is 3.26. The van der Waals surface area contributed by atoms with E-state index in [-0.39, 0.29) is 22.7 Å². The average Bonchev–Trinajstić information content (AvgIpc) is 2.46. The number of hydrogen-bond donors (Lipinski definition) is 3. The predicted molar refractivity (Wildman–Crippen MR) is 108 cm³/mol. The molecule has 0 fully saturated rings. The van der Waals surface area contributed by atoms with Crippen LogP contribution in [0.1, 0.15) is 41.5 Å². The fourth-order valence-electron chi connectivity index (χ4n) is 2.75. The number of hydrogen-bond acceptors (Lipinski definition) is 5. The standard InChI is InChI=1S/C17H22BrN5O5/c1-16(2,3)22(14(25)26)11-9-10(8(18)7-19-11)20-13(21-12(9)24)23(15(27)28)17(4,5)6/h7H,1-6H3,(H,25,26)(H,27,28)(H,20,21,24). The Morgan fingerprint density at radius 2 is 1.54 bits per heavy atom. The summed E-state index contributed by atoms with van der Waals surface area (Å²) in [6.45, 7) is 9.97. The zero-order valence-corrected chi connectivity index (χ0v) is 17.9. The fraction of sp³-hybridized carbons (Fsp3) is 0.471. The molecule has 0 aliphatic heterocycles. The molecule has 0 spiro atoms. The first kappa shape index (κ1) is 21.6. The van der Waals surface area contributed by atoms with Crippen LogP contribution in [0, 0.1) is 0 Å². The molecule has 2 aromatic heterocycles. The summed E-state index contributed by atoms with van der Waals surface area (Å²) in [6.07, 6.45) is -1.24. The normalized spacial score (nSPS) is 12.1. The summed E-state index contributed by atoms with van der Waals surface area (Å²) in [5, 5.41) is 19.2. The Kier molecular flexibility index (Phi) is 5.43. The van der Waals surface area contributed by atoms with Gasteiger partial charge in [-0.2, -0.15) is 0 Å². The highest BCUT2D eigenvalue weighted by atomic mass is 79.9. The molecule has 2 rings (SSSR count). The summed E-state index contributed by atoms with van der Waals surface area (Å²) in [6, 6.07) is 0. The molecule has 0 radical (unpaired) electrons. The van der Waals surface area contributed by atoms with Crippen molar-refractivity contribution >= 4 is 50.8 Å². The maximum absolute atomic E-state index is 12.9. The van der Waals surface area contributed by atoms with E-state index in [0.717, 1.165) is 9.80 Å². The van der Waals surface area contributed by atoms with Gasteiger partial charge in [0.25, 0.3) is 5.56 Å². The molecule has 152 valence electrons. The maximum atomic E-state index is 12.9.